The minimum Gasteiger partial charge on any atom is -0.372 e. The first-order chi connectivity index (χ1) is 8.61. The predicted molar refractivity (Wildman–Crippen MR) is 74.7 cm³/mol. The van der Waals surface area contributed by atoms with Gasteiger partial charge in [-0.3, -0.25) is 0 Å². The lowest BCUT2D eigenvalue weighted by Crippen LogP contribution is -2.62. The monoisotopic (exact) mass is 251 g/mol. The second-order valence-corrected chi connectivity index (χ2v) is 7.55. The van der Waals surface area contributed by atoms with E-state index in [-0.39, 0.29) is 5.60 Å². The van der Waals surface area contributed by atoms with Gasteiger partial charge in [-0.2, -0.15) is 0 Å². The summed E-state index contributed by atoms with van der Waals surface area (Å²) in [7, 11) is 0. The van der Waals surface area contributed by atoms with Crippen LogP contribution in [-0.4, -0.2) is 24.8 Å². The molecule has 2 nitrogen and oxygen atoms in total. The van der Waals surface area contributed by atoms with Gasteiger partial charge in [-0.05, 0) is 49.9 Å². The summed E-state index contributed by atoms with van der Waals surface area (Å²) >= 11 is 0. The van der Waals surface area contributed by atoms with Gasteiger partial charge in [0, 0.05) is 12.6 Å². The van der Waals surface area contributed by atoms with Gasteiger partial charge in [0.15, 0.2) is 0 Å². The molecule has 1 saturated heterocycles. The molecule has 0 radical (unpaired) electrons. The van der Waals surface area contributed by atoms with Gasteiger partial charge in [0.05, 0.1) is 12.2 Å². The molecule has 1 heterocycles. The number of hydrogen-bond acceptors (Lipinski definition) is 2. The lowest BCUT2D eigenvalue weighted by molar-refractivity contribution is -0.142. The van der Waals surface area contributed by atoms with Gasteiger partial charge in [0.1, 0.15) is 0 Å². The van der Waals surface area contributed by atoms with Crippen LogP contribution < -0.4 is 5.32 Å². The molecule has 0 aromatic heterocycles. The molecule has 1 atom stereocenters. The maximum Gasteiger partial charge on any atom is 0.0838 e. The lowest BCUT2D eigenvalue weighted by atomic mass is 9.66. The number of ether oxygens (including phenoxy) is 1. The van der Waals surface area contributed by atoms with Crippen LogP contribution in [0.25, 0.3) is 0 Å². The Hall–Kier alpha value is -0.0800. The van der Waals surface area contributed by atoms with Crippen LogP contribution in [0.2, 0.25) is 0 Å². The van der Waals surface area contributed by atoms with E-state index in [0.717, 1.165) is 19.1 Å². The van der Waals surface area contributed by atoms with Crippen LogP contribution >= 0.6 is 0 Å². The number of nitrogens with one attached hydrogen (secondary N) is 1. The van der Waals surface area contributed by atoms with Crippen LogP contribution in [0.15, 0.2) is 0 Å². The molecule has 0 aromatic carbocycles. The van der Waals surface area contributed by atoms with E-state index in [1.165, 1.54) is 51.4 Å². The van der Waals surface area contributed by atoms with Crippen LogP contribution in [-0.2, 0) is 4.74 Å². The normalized spacial score (nSPS) is 36.0. The smallest absolute Gasteiger partial charge is 0.0838 e. The summed E-state index contributed by atoms with van der Waals surface area (Å²) in [6, 6.07) is 0.643. The zero-order valence-electron chi connectivity index (χ0n) is 12.1. The molecule has 0 bridgehead atoms. The average molecular weight is 251 g/mol. The largest absolute Gasteiger partial charge is 0.372 e. The summed E-state index contributed by atoms with van der Waals surface area (Å²) < 4.78 is 6.36. The zero-order valence-corrected chi connectivity index (χ0v) is 12.1. The molecule has 104 valence electrons. The summed E-state index contributed by atoms with van der Waals surface area (Å²) in [5.74, 6) is 0.881. The standard InChI is InChI=1S/C16H29NO/c1-15(2)7-9-16(10-8-15)14(17-11-12-18-16)13-5-3-4-6-13/h13-14,17H,3-12H2,1-2H3. The highest BCUT2D eigenvalue weighted by Crippen LogP contribution is 2.47. The van der Waals surface area contributed by atoms with Crippen molar-refractivity contribution in [3.8, 4) is 0 Å². The van der Waals surface area contributed by atoms with Crippen molar-refractivity contribution in [3.05, 3.63) is 0 Å². The van der Waals surface area contributed by atoms with Crippen LogP contribution in [0, 0.1) is 11.3 Å². The molecule has 3 fully saturated rings. The first-order valence-electron chi connectivity index (χ1n) is 7.99. The molecular formula is C16H29NO. The second kappa shape index (κ2) is 4.79. The van der Waals surface area contributed by atoms with E-state index in [9.17, 15) is 0 Å². The number of rotatable bonds is 1. The Morgan fingerprint density at radius 3 is 2.33 bits per heavy atom. The first-order valence-corrected chi connectivity index (χ1v) is 7.99. The van der Waals surface area contributed by atoms with Crippen molar-refractivity contribution in [1.29, 1.82) is 0 Å². The van der Waals surface area contributed by atoms with Gasteiger partial charge in [0.2, 0.25) is 0 Å². The van der Waals surface area contributed by atoms with Crippen LogP contribution in [0.4, 0.5) is 0 Å². The minimum atomic E-state index is 0.183. The quantitative estimate of drug-likeness (QED) is 0.770. The predicted octanol–water partition coefficient (Wildman–Crippen LogP) is 3.50. The molecule has 3 aliphatic rings. The topological polar surface area (TPSA) is 21.3 Å². The van der Waals surface area contributed by atoms with Gasteiger partial charge in [0.25, 0.3) is 0 Å². The fraction of sp³-hybridized carbons (Fsp3) is 1.00. The molecule has 0 aromatic rings. The van der Waals surface area contributed by atoms with E-state index in [2.05, 4.69) is 19.2 Å². The van der Waals surface area contributed by atoms with Crippen molar-refractivity contribution in [2.75, 3.05) is 13.2 Å². The average Bonchev–Trinajstić information content (AvgIpc) is 2.88. The van der Waals surface area contributed by atoms with Gasteiger partial charge < -0.3 is 10.1 Å². The van der Waals surface area contributed by atoms with Crippen molar-refractivity contribution in [2.24, 2.45) is 11.3 Å². The highest BCUT2D eigenvalue weighted by Gasteiger charge is 2.49. The Kier molecular flexibility index (Phi) is 3.44. The van der Waals surface area contributed by atoms with Crippen molar-refractivity contribution >= 4 is 0 Å². The van der Waals surface area contributed by atoms with E-state index in [1.54, 1.807) is 0 Å². The van der Waals surface area contributed by atoms with Crippen LogP contribution in [0.5, 0.6) is 0 Å². The fourth-order valence-electron chi connectivity index (χ4n) is 4.44. The van der Waals surface area contributed by atoms with Gasteiger partial charge in [-0.15, -0.1) is 0 Å². The van der Waals surface area contributed by atoms with E-state index in [1.807, 2.05) is 0 Å². The maximum absolute atomic E-state index is 6.36. The lowest BCUT2D eigenvalue weighted by Gasteiger charge is -2.52. The molecule has 0 amide bonds. The van der Waals surface area contributed by atoms with Crippen molar-refractivity contribution < 1.29 is 4.74 Å². The Labute approximate surface area is 112 Å². The molecular weight excluding hydrogens is 222 g/mol. The van der Waals surface area contributed by atoms with Gasteiger partial charge >= 0.3 is 0 Å². The molecule has 2 aliphatic carbocycles. The van der Waals surface area contributed by atoms with E-state index in [0.29, 0.717) is 11.5 Å². The molecule has 1 aliphatic heterocycles. The van der Waals surface area contributed by atoms with Crippen molar-refractivity contribution in [2.45, 2.75) is 76.9 Å². The molecule has 1 spiro atoms. The van der Waals surface area contributed by atoms with Crippen LogP contribution in [0.3, 0.4) is 0 Å². The van der Waals surface area contributed by atoms with Crippen LogP contribution in [0.1, 0.15) is 65.2 Å². The summed E-state index contributed by atoms with van der Waals surface area (Å²) in [4.78, 5) is 0. The third-order valence-corrected chi connectivity index (χ3v) is 5.74. The fourth-order valence-corrected chi connectivity index (χ4v) is 4.44. The van der Waals surface area contributed by atoms with Crippen molar-refractivity contribution in [3.63, 3.8) is 0 Å². The molecule has 1 N–H and O–H groups in total. The highest BCUT2D eigenvalue weighted by molar-refractivity contribution is 5.03. The van der Waals surface area contributed by atoms with E-state index >= 15 is 0 Å². The van der Waals surface area contributed by atoms with Gasteiger partial charge in [-0.1, -0.05) is 26.7 Å². The molecule has 2 saturated carbocycles. The Balaban J connectivity index is 1.74. The Bertz CT molecular complexity index is 283. The maximum atomic E-state index is 6.36. The Morgan fingerprint density at radius 2 is 1.67 bits per heavy atom. The second-order valence-electron chi connectivity index (χ2n) is 7.55. The number of hydrogen-bond donors (Lipinski definition) is 1. The summed E-state index contributed by atoms with van der Waals surface area (Å²) in [6.07, 6.45) is 10.9. The molecule has 18 heavy (non-hydrogen) atoms. The Morgan fingerprint density at radius 1 is 1.00 bits per heavy atom. The van der Waals surface area contributed by atoms with Gasteiger partial charge in [-0.25, -0.2) is 0 Å². The number of morpholine rings is 1. The molecule has 2 heteroatoms. The highest BCUT2D eigenvalue weighted by atomic mass is 16.5. The summed E-state index contributed by atoms with van der Waals surface area (Å²) in [6.45, 7) is 6.82. The third-order valence-electron chi connectivity index (χ3n) is 5.74. The van der Waals surface area contributed by atoms with E-state index in [4.69, 9.17) is 4.74 Å². The zero-order chi connectivity index (χ0) is 12.6. The first kappa shape index (κ1) is 12.9. The SMILES string of the molecule is CC1(C)CCC2(CC1)OCCNC2C1CCCC1. The third kappa shape index (κ3) is 2.34. The van der Waals surface area contributed by atoms with Crippen molar-refractivity contribution in [1.82, 2.24) is 5.32 Å². The minimum absolute atomic E-state index is 0.183. The molecule has 1 unspecified atom stereocenters. The summed E-state index contributed by atoms with van der Waals surface area (Å²) in [5.41, 5.74) is 0.717. The van der Waals surface area contributed by atoms with E-state index < -0.39 is 0 Å². The summed E-state index contributed by atoms with van der Waals surface area (Å²) in [5, 5.41) is 3.82. The molecule has 3 rings (SSSR count).